The Morgan fingerprint density at radius 1 is 0.886 bits per heavy atom. The van der Waals surface area contributed by atoms with Crippen LogP contribution >= 0.6 is 35.7 Å². The van der Waals surface area contributed by atoms with E-state index in [2.05, 4.69) is 6.92 Å². The third-order valence-corrected chi connectivity index (χ3v) is 10.0. The van der Waals surface area contributed by atoms with Gasteiger partial charge in [-0.25, -0.2) is 0 Å². The minimum absolute atomic E-state index is 0.155. The molecule has 0 aliphatic heterocycles. The maximum Gasteiger partial charge on any atom is 0.327 e. The standard InChI is InChI=1S/C18H34O2S2.C17H16O4S/c1-4-6-7-8-9-10-11-12-13-14-15-17(21)22-16(3)18(19)20-5-2;18-12-11-15(19)17(16(20)21,13-7-3-1-4-8-13)22-14-9-5-2-6-10-14/h16H,4-15H2,1-3H3;1-10,12,15,19H,11H2,(H,20,21). The molecule has 2 aromatic carbocycles. The van der Waals surface area contributed by atoms with Crippen LogP contribution < -0.4 is 0 Å². The molecule has 3 atom stereocenters. The molecule has 2 N–H and O–H groups in total. The van der Waals surface area contributed by atoms with Crippen LogP contribution in [-0.2, 0) is 23.9 Å². The summed E-state index contributed by atoms with van der Waals surface area (Å²) in [4.78, 5) is 35.1. The van der Waals surface area contributed by atoms with Crippen molar-refractivity contribution in [1.82, 2.24) is 0 Å². The van der Waals surface area contributed by atoms with E-state index >= 15 is 0 Å². The number of carboxylic acid groups (broad SMARTS) is 1. The number of thioether (sulfide) groups is 2. The van der Waals surface area contributed by atoms with Gasteiger partial charge in [0.15, 0.2) is 4.75 Å². The summed E-state index contributed by atoms with van der Waals surface area (Å²) in [5.74, 6) is -1.33. The number of ether oxygens (including phenoxy) is 1. The van der Waals surface area contributed by atoms with E-state index in [0.29, 0.717) is 23.4 Å². The number of unbranched alkanes of at least 4 members (excludes halogenated alkanes) is 9. The predicted octanol–water partition coefficient (Wildman–Crippen LogP) is 9.02. The van der Waals surface area contributed by atoms with Crippen LogP contribution in [0.1, 0.15) is 103 Å². The van der Waals surface area contributed by atoms with Crippen molar-refractivity contribution in [1.29, 1.82) is 0 Å². The zero-order valence-electron chi connectivity index (χ0n) is 26.5. The number of rotatable bonds is 21. The summed E-state index contributed by atoms with van der Waals surface area (Å²) in [6, 6.07) is 17.5. The molecule has 0 aliphatic carbocycles. The van der Waals surface area contributed by atoms with E-state index in [1.807, 2.05) is 19.9 Å². The lowest BCUT2D eigenvalue weighted by Gasteiger charge is -2.33. The van der Waals surface area contributed by atoms with Crippen LogP contribution in [0.3, 0.4) is 0 Å². The number of carboxylic acids is 1. The van der Waals surface area contributed by atoms with Crippen LogP contribution in [0.5, 0.6) is 0 Å². The molecular weight excluding hydrogens is 613 g/mol. The molecular formula is C35H50O6S3. The lowest BCUT2D eigenvalue weighted by molar-refractivity contribution is -0.144. The van der Waals surface area contributed by atoms with Gasteiger partial charge in [-0.3, -0.25) is 9.59 Å². The molecule has 0 saturated carbocycles. The van der Waals surface area contributed by atoms with Gasteiger partial charge >= 0.3 is 11.9 Å². The molecule has 244 valence electrons. The van der Waals surface area contributed by atoms with Gasteiger partial charge in [0, 0.05) is 15.5 Å². The van der Waals surface area contributed by atoms with Gasteiger partial charge in [-0.2, -0.15) is 0 Å². The quantitative estimate of drug-likeness (QED) is 0.0446. The van der Waals surface area contributed by atoms with E-state index < -0.39 is 16.8 Å². The maximum absolute atomic E-state index is 12.0. The third-order valence-electron chi connectivity index (χ3n) is 6.99. The Balaban J connectivity index is 0.000000440. The minimum atomic E-state index is -1.64. The summed E-state index contributed by atoms with van der Waals surface area (Å²) in [5.41, 5.74) is 0.450. The van der Waals surface area contributed by atoms with Gasteiger partial charge in [0.2, 0.25) is 0 Å². The van der Waals surface area contributed by atoms with Gasteiger partial charge in [-0.15, -0.1) is 11.8 Å². The summed E-state index contributed by atoms with van der Waals surface area (Å²) in [5, 5.41) is 20.1. The fraction of sp³-hybridized carbons (Fsp3) is 0.543. The number of aldehydes is 1. The van der Waals surface area contributed by atoms with Crippen molar-refractivity contribution in [3.63, 3.8) is 0 Å². The Labute approximate surface area is 278 Å². The molecule has 0 spiro atoms. The highest BCUT2D eigenvalue weighted by atomic mass is 32.2. The lowest BCUT2D eigenvalue weighted by atomic mass is 9.90. The highest BCUT2D eigenvalue weighted by Crippen LogP contribution is 2.45. The molecule has 2 aromatic rings. The summed E-state index contributed by atoms with van der Waals surface area (Å²) in [6.07, 6.45) is 13.3. The SMILES string of the molecule is CCCCCCCCCCCCC(=S)SC(C)C(=O)OCC.O=CCC(O)C(Sc1ccccc1)(C(=O)O)c1ccccc1. The van der Waals surface area contributed by atoms with Crippen molar-refractivity contribution in [2.24, 2.45) is 0 Å². The first-order valence-electron chi connectivity index (χ1n) is 15.7. The fourth-order valence-electron chi connectivity index (χ4n) is 4.57. The topological polar surface area (TPSA) is 101 Å². The molecule has 0 amide bonds. The maximum atomic E-state index is 12.0. The molecule has 0 aliphatic rings. The summed E-state index contributed by atoms with van der Waals surface area (Å²) in [6.45, 7) is 6.40. The van der Waals surface area contributed by atoms with Crippen molar-refractivity contribution < 1.29 is 29.3 Å². The van der Waals surface area contributed by atoms with E-state index in [1.54, 1.807) is 54.6 Å². The van der Waals surface area contributed by atoms with Gasteiger partial charge in [0.05, 0.1) is 12.7 Å². The number of thiocarbonyl (C=S) groups is 1. The number of aliphatic hydroxyl groups is 1. The van der Waals surface area contributed by atoms with Crippen molar-refractivity contribution in [3.05, 3.63) is 66.2 Å². The minimum Gasteiger partial charge on any atom is -0.480 e. The number of benzene rings is 2. The van der Waals surface area contributed by atoms with Gasteiger partial charge in [-0.1, -0.05) is 137 Å². The molecule has 2 rings (SSSR count). The second kappa shape index (κ2) is 24.1. The second-order valence-corrected chi connectivity index (χ2v) is 14.1. The zero-order chi connectivity index (χ0) is 32.6. The molecule has 0 fully saturated rings. The van der Waals surface area contributed by atoms with E-state index in [1.165, 1.54) is 69.5 Å². The van der Waals surface area contributed by atoms with Gasteiger partial charge < -0.3 is 19.7 Å². The molecule has 0 bridgehead atoms. The van der Waals surface area contributed by atoms with Crippen LogP contribution in [0.4, 0.5) is 0 Å². The van der Waals surface area contributed by atoms with Crippen LogP contribution in [0.2, 0.25) is 0 Å². The Bertz CT molecular complexity index is 1080. The van der Waals surface area contributed by atoms with Crippen molar-refractivity contribution in [2.45, 2.75) is 119 Å². The number of aliphatic hydroxyl groups excluding tert-OH is 1. The molecule has 0 heterocycles. The van der Waals surface area contributed by atoms with Crippen LogP contribution in [0, 0.1) is 0 Å². The Kier molecular flexibility index (Phi) is 21.8. The number of esters is 1. The van der Waals surface area contributed by atoms with Gasteiger partial charge in [-0.05, 0) is 44.4 Å². The number of aliphatic carboxylic acids is 1. The molecule has 6 nitrogen and oxygen atoms in total. The van der Waals surface area contributed by atoms with Gasteiger partial charge in [0.1, 0.15) is 11.5 Å². The fourth-order valence-corrected chi connectivity index (χ4v) is 7.20. The first-order valence-corrected chi connectivity index (χ1v) is 17.8. The van der Waals surface area contributed by atoms with E-state index in [9.17, 15) is 24.6 Å². The van der Waals surface area contributed by atoms with Crippen molar-refractivity contribution in [3.8, 4) is 0 Å². The van der Waals surface area contributed by atoms with E-state index in [0.717, 1.165) is 28.8 Å². The predicted molar refractivity (Wildman–Crippen MR) is 187 cm³/mol. The van der Waals surface area contributed by atoms with Crippen LogP contribution in [0.15, 0.2) is 65.6 Å². The summed E-state index contributed by atoms with van der Waals surface area (Å²) < 4.78 is 4.30. The Morgan fingerprint density at radius 2 is 1.41 bits per heavy atom. The number of hydrogen-bond acceptors (Lipinski definition) is 8. The zero-order valence-corrected chi connectivity index (χ0v) is 28.9. The molecule has 0 aromatic heterocycles. The molecule has 9 heteroatoms. The van der Waals surface area contributed by atoms with Crippen molar-refractivity contribution >= 4 is 58.2 Å². The Morgan fingerprint density at radius 3 is 1.91 bits per heavy atom. The molecule has 3 unspecified atom stereocenters. The molecule has 44 heavy (non-hydrogen) atoms. The average Bonchev–Trinajstić information content (AvgIpc) is 3.02. The van der Waals surface area contributed by atoms with E-state index in [4.69, 9.17) is 17.0 Å². The highest BCUT2D eigenvalue weighted by Gasteiger charge is 2.48. The first-order chi connectivity index (χ1) is 21.2. The summed E-state index contributed by atoms with van der Waals surface area (Å²) in [7, 11) is 0. The number of carbonyl (C=O) groups is 3. The van der Waals surface area contributed by atoms with Crippen LogP contribution in [0.25, 0.3) is 0 Å². The average molecular weight is 663 g/mol. The highest BCUT2D eigenvalue weighted by molar-refractivity contribution is 8.23. The largest absolute Gasteiger partial charge is 0.480 e. The Hall–Kier alpha value is -2.20. The number of carbonyl (C=O) groups excluding carboxylic acids is 2. The van der Waals surface area contributed by atoms with Crippen LogP contribution in [-0.4, -0.2) is 50.6 Å². The lowest BCUT2D eigenvalue weighted by Crippen LogP contribution is -2.44. The van der Waals surface area contributed by atoms with Crippen molar-refractivity contribution in [2.75, 3.05) is 6.61 Å². The third kappa shape index (κ3) is 15.2. The normalized spacial score (nSPS) is 13.5. The summed E-state index contributed by atoms with van der Waals surface area (Å²) >= 11 is 7.87. The second-order valence-electron chi connectivity index (χ2n) is 10.6. The molecule has 0 radical (unpaired) electrons. The van der Waals surface area contributed by atoms with E-state index in [-0.39, 0.29) is 17.6 Å². The molecule has 0 saturated heterocycles. The smallest absolute Gasteiger partial charge is 0.327 e. The number of hydrogen-bond donors (Lipinski definition) is 2. The van der Waals surface area contributed by atoms with Gasteiger partial charge in [0.25, 0.3) is 0 Å². The monoisotopic (exact) mass is 662 g/mol. The first kappa shape index (κ1) is 39.8.